The average Bonchev–Trinajstić information content (AvgIpc) is 2.33. The molecule has 0 radical (unpaired) electrons. The molecule has 2 rings (SSSR count). The number of aromatic nitrogens is 2. The van der Waals surface area contributed by atoms with Crippen LogP contribution in [0.1, 0.15) is 25.6 Å². The average molecular weight is 378 g/mol. The van der Waals surface area contributed by atoms with Crippen LogP contribution in [0.4, 0.5) is 0 Å². The SMILES string of the molecule is CC(C)c1nc(Br)cc(Sc2cc(Cl)ccc2Cl)n1. The van der Waals surface area contributed by atoms with E-state index in [4.69, 9.17) is 23.2 Å². The molecular formula is C13H11BrCl2N2S. The second kappa shape index (κ2) is 6.44. The van der Waals surface area contributed by atoms with E-state index < -0.39 is 0 Å². The van der Waals surface area contributed by atoms with Gasteiger partial charge in [0.1, 0.15) is 15.5 Å². The Labute approximate surface area is 135 Å². The molecule has 100 valence electrons. The van der Waals surface area contributed by atoms with E-state index in [1.165, 1.54) is 11.8 Å². The van der Waals surface area contributed by atoms with Crippen LogP contribution in [0.15, 0.2) is 38.8 Å². The minimum absolute atomic E-state index is 0.270. The standard InChI is InChI=1S/C13H11BrCl2N2S/c1-7(2)13-17-11(14)6-12(18-13)19-10-5-8(15)3-4-9(10)16/h3-7H,1-2H3. The van der Waals surface area contributed by atoms with Crippen molar-refractivity contribution < 1.29 is 0 Å². The van der Waals surface area contributed by atoms with Crippen molar-refractivity contribution in [2.45, 2.75) is 29.7 Å². The second-order valence-corrected chi connectivity index (χ2v) is 6.94. The van der Waals surface area contributed by atoms with E-state index in [1.54, 1.807) is 12.1 Å². The molecule has 0 N–H and O–H groups in total. The maximum atomic E-state index is 6.15. The normalized spacial score (nSPS) is 11.1. The van der Waals surface area contributed by atoms with Gasteiger partial charge in [-0.3, -0.25) is 0 Å². The van der Waals surface area contributed by atoms with Gasteiger partial charge in [-0.15, -0.1) is 0 Å². The topological polar surface area (TPSA) is 25.8 Å². The highest BCUT2D eigenvalue weighted by atomic mass is 79.9. The Bertz CT molecular complexity index is 605. The molecule has 19 heavy (non-hydrogen) atoms. The Morgan fingerprint density at radius 3 is 2.58 bits per heavy atom. The van der Waals surface area contributed by atoms with E-state index in [-0.39, 0.29) is 5.92 Å². The van der Waals surface area contributed by atoms with Gasteiger partial charge < -0.3 is 0 Å². The summed E-state index contributed by atoms with van der Waals surface area (Å²) in [4.78, 5) is 9.75. The van der Waals surface area contributed by atoms with Gasteiger partial charge in [0.25, 0.3) is 0 Å². The molecule has 0 saturated carbocycles. The molecule has 6 heteroatoms. The molecule has 0 aliphatic heterocycles. The van der Waals surface area contributed by atoms with Crippen LogP contribution in [0.3, 0.4) is 0 Å². The van der Waals surface area contributed by atoms with Gasteiger partial charge in [0.2, 0.25) is 0 Å². The predicted octanol–water partition coefficient (Wildman–Crippen LogP) is 5.82. The predicted molar refractivity (Wildman–Crippen MR) is 84.4 cm³/mol. The van der Waals surface area contributed by atoms with Crippen molar-refractivity contribution in [1.82, 2.24) is 9.97 Å². The van der Waals surface area contributed by atoms with Crippen molar-refractivity contribution in [3.05, 3.63) is 44.7 Å². The zero-order valence-electron chi connectivity index (χ0n) is 10.3. The van der Waals surface area contributed by atoms with E-state index in [1.807, 2.05) is 12.1 Å². The van der Waals surface area contributed by atoms with E-state index >= 15 is 0 Å². The van der Waals surface area contributed by atoms with Crippen molar-refractivity contribution in [3.63, 3.8) is 0 Å². The molecule has 2 aromatic rings. The molecule has 1 aromatic carbocycles. The van der Waals surface area contributed by atoms with Crippen LogP contribution in [0.25, 0.3) is 0 Å². The molecule has 0 fully saturated rings. The molecule has 0 atom stereocenters. The Balaban J connectivity index is 2.35. The maximum Gasteiger partial charge on any atom is 0.133 e. The summed E-state index contributed by atoms with van der Waals surface area (Å²) in [6.45, 7) is 4.12. The van der Waals surface area contributed by atoms with Crippen molar-refractivity contribution >= 4 is 50.9 Å². The van der Waals surface area contributed by atoms with Crippen molar-refractivity contribution in [2.24, 2.45) is 0 Å². The van der Waals surface area contributed by atoms with Crippen LogP contribution in [0, 0.1) is 0 Å². The molecule has 0 unspecified atom stereocenters. The number of nitrogens with zero attached hydrogens (tertiary/aromatic N) is 2. The van der Waals surface area contributed by atoms with E-state index in [0.29, 0.717) is 10.0 Å². The first kappa shape index (κ1) is 15.1. The third-order valence-electron chi connectivity index (χ3n) is 2.31. The summed E-state index contributed by atoms with van der Waals surface area (Å²) in [7, 11) is 0. The monoisotopic (exact) mass is 376 g/mol. The van der Waals surface area contributed by atoms with Gasteiger partial charge in [-0.05, 0) is 34.1 Å². The number of hydrogen-bond donors (Lipinski definition) is 0. The highest BCUT2D eigenvalue weighted by Gasteiger charge is 2.10. The summed E-state index contributed by atoms with van der Waals surface area (Å²) < 4.78 is 0.770. The lowest BCUT2D eigenvalue weighted by Gasteiger charge is -2.08. The third kappa shape index (κ3) is 4.09. The Kier molecular flexibility index (Phi) is 5.12. The van der Waals surface area contributed by atoms with Crippen LogP contribution in [0.2, 0.25) is 10.0 Å². The van der Waals surface area contributed by atoms with Gasteiger partial charge in [0.05, 0.1) is 5.02 Å². The molecule has 0 aliphatic carbocycles. The van der Waals surface area contributed by atoms with Gasteiger partial charge in [-0.1, -0.05) is 48.8 Å². The zero-order chi connectivity index (χ0) is 14.0. The summed E-state index contributed by atoms with van der Waals surface area (Å²) in [5.41, 5.74) is 0. The molecule has 0 amide bonds. The Morgan fingerprint density at radius 1 is 1.16 bits per heavy atom. The first-order chi connectivity index (χ1) is 8.95. The Morgan fingerprint density at radius 2 is 1.89 bits per heavy atom. The number of hydrogen-bond acceptors (Lipinski definition) is 3. The number of benzene rings is 1. The summed E-state index contributed by atoms with van der Waals surface area (Å²) in [5.74, 6) is 1.07. The second-order valence-electron chi connectivity index (χ2n) is 4.22. The van der Waals surface area contributed by atoms with Crippen LogP contribution < -0.4 is 0 Å². The molecule has 1 heterocycles. The van der Waals surface area contributed by atoms with Crippen LogP contribution in [-0.4, -0.2) is 9.97 Å². The summed E-state index contributed by atoms with van der Waals surface area (Å²) in [5, 5.41) is 2.16. The first-order valence-electron chi connectivity index (χ1n) is 5.63. The lowest BCUT2D eigenvalue weighted by Crippen LogP contribution is -1.98. The van der Waals surface area contributed by atoms with E-state index in [0.717, 1.165) is 20.3 Å². The van der Waals surface area contributed by atoms with Gasteiger partial charge in [-0.25, -0.2) is 9.97 Å². The van der Waals surface area contributed by atoms with E-state index in [9.17, 15) is 0 Å². The van der Waals surface area contributed by atoms with Gasteiger partial charge in [-0.2, -0.15) is 0 Å². The van der Waals surface area contributed by atoms with Gasteiger partial charge >= 0.3 is 0 Å². The lowest BCUT2D eigenvalue weighted by molar-refractivity contribution is 0.748. The van der Waals surface area contributed by atoms with Crippen LogP contribution in [-0.2, 0) is 0 Å². The summed E-state index contributed by atoms with van der Waals surface area (Å²) in [6, 6.07) is 7.25. The fourth-order valence-corrected chi connectivity index (χ4v) is 3.30. The molecule has 2 nitrogen and oxygen atoms in total. The Hall–Kier alpha value is -0.290. The molecule has 1 aromatic heterocycles. The summed E-state index contributed by atoms with van der Waals surface area (Å²) >= 11 is 17.0. The van der Waals surface area contributed by atoms with Crippen molar-refractivity contribution in [2.75, 3.05) is 0 Å². The molecule has 0 aliphatic rings. The smallest absolute Gasteiger partial charge is 0.133 e. The third-order valence-corrected chi connectivity index (χ3v) is 4.37. The first-order valence-corrected chi connectivity index (χ1v) is 7.99. The fraction of sp³-hybridized carbons (Fsp3) is 0.231. The van der Waals surface area contributed by atoms with Crippen LogP contribution >= 0.6 is 50.9 Å². The summed E-state index contributed by atoms with van der Waals surface area (Å²) in [6.07, 6.45) is 0. The maximum absolute atomic E-state index is 6.15. The fourth-order valence-electron chi connectivity index (χ4n) is 1.39. The minimum atomic E-state index is 0.270. The highest BCUT2D eigenvalue weighted by Crippen LogP contribution is 2.35. The van der Waals surface area contributed by atoms with E-state index in [2.05, 4.69) is 39.7 Å². The quantitative estimate of drug-likeness (QED) is 0.630. The van der Waals surface area contributed by atoms with Crippen molar-refractivity contribution in [3.8, 4) is 0 Å². The van der Waals surface area contributed by atoms with Gasteiger partial charge in [0, 0.05) is 21.9 Å². The van der Waals surface area contributed by atoms with Crippen molar-refractivity contribution in [1.29, 1.82) is 0 Å². The lowest BCUT2D eigenvalue weighted by atomic mass is 10.2. The number of rotatable bonds is 3. The zero-order valence-corrected chi connectivity index (χ0v) is 14.2. The highest BCUT2D eigenvalue weighted by molar-refractivity contribution is 9.10. The number of halogens is 3. The largest absolute Gasteiger partial charge is 0.226 e. The molecule has 0 saturated heterocycles. The van der Waals surface area contributed by atoms with Crippen LogP contribution in [0.5, 0.6) is 0 Å². The van der Waals surface area contributed by atoms with Gasteiger partial charge in [0.15, 0.2) is 0 Å². The molecule has 0 bridgehead atoms. The molecular weight excluding hydrogens is 367 g/mol. The molecule has 0 spiro atoms. The minimum Gasteiger partial charge on any atom is -0.226 e.